The lowest BCUT2D eigenvalue weighted by Gasteiger charge is -2.36. The molecular weight excluding hydrogens is 244 g/mol. The molecule has 1 aromatic rings. The van der Waals surface area contributed by atoms with Gasteiger partial charge in [-0.25, -0.2) is 4.98 Å². The molecule has 0 aliphatic heterocycles. The Morgan fingerprint density at radius 2 is 2.06 bits per heavy atom. The minimum atomic E-state index is -0.135. The highest BCUT2D eigenvalue weighted by Crippen LogP contribution is 2.25. The molecule has 0 saturated carbocycles. The second kappa shape index (κ2) is 6.64. The van der Waals surface area contributed by atoms with Gasteiger partial charge in [0.15, 0.2) is 0 Å². The summed E-state index contributed by atoms with van der Waals surface area (Å²) >= 11 is 1.80. The van der Waals surface area contributed by atoms with Gasteiger partial charge in [-0.15, -0.1) is 11.3 Å². The van der Waals surface area contributed by atoms with Crippen LogP contribution in [0.25, 0.3) is 0 Å². The van der Waals surface area contributed by atoms with Gasteiger partial charge in [-0.3, -0.25) is 0 Å². The second-order valence-electron chi connectivity index (χ2n) is 4.93. The smallest absolute Gasteiger partial charge is 0.0947 e. The van der Waals surface area contributed by atoms with Gasteiger partial charge in [-0.2, -0.15) is 0 Å². The van der Waals surface area contributed by atoms with Crippen LogP contribution in [0.2, 0.25) is 0 Å². The molecule has 2 unspecified atom stereocenters. The molecule has 1 rings (SSSR count). The van der Waals surface area contributed by atoms with E-state index in [4.69, 9.17) is 4.74 Å². The van der Waals surface area contributed by atoms with Crippen molar-refractivity contribution in [3.05, 3.63) is 15.6 Å². The zero-order chi connectivity index (χ0) is 13.8. The third kappa shape index (κ3) is 3.53. The number of hydrogen-bond donors (Lipinski definition) is 1. The van der Waals surface area contributed by atoms with Gasteiger partial charge in [0, 0.05) is 24.4 Å². The molecule has 1 heterocycles. The van der Waals surface area contributed by atoms with Crippen molar-refractivity contribution in [2.45, 2.75) is 59.1 Å². The van der Waals surface area contributed by atoms with E-state index >= 15 is 0 Å². The molecule has 0 aliphatic carbocycles. The topological polar surface area (TPSA) is 34.2 Å². The van der Waals surface area contributed by atoms with Crippen LogP contribution in [0.15, 0.2) is 0 Å². The average molecular weight is 270 g/mol. The van der Waals surface area contributed by atoms with E-state index in [9.17, 15) is 0 Å². The van der Waals surface area contributed by atoms with Crippen molar-refractivity contribution < 1.29 is 4.74 Å². The molecule has 104 valence electrons. The van der Waals surface area contributed by atoms with E-state index in [-0.39, 0.29) is 5.60 Å². The largest absolute Gasteiger partial charge is 0.377 e. The van der Waals surface area contributed by atoms with Crippen LogP contribution in [0.3, 0.4) is 0 Å². The van der Waals surface area contributed by atoms with E-state index in [2.05, 4.69) is 44.9 Å². The van der Waals surface area contributed by atoms with Crippen molar-refractivity contribution in [2.75, 3.05) is 13.7 Å². The van der Waals surface area contributed by atoms with Gasteiger partial charge in [-0.1, -0.05) is 13.8 Å². The minimum Gasteiger partial charge on any atom is -0.377 e. The summed E-state index contributed by atoms with van der Waals surface area (Å²) in [5.41, 5.74) is 1.02. The van der Waals surface area contributed by atoms with Crippen molar-refractivity contribution >= 4 is 11.3 Å². The number of methoxy groups -OCH3 is 1. The standard InChI is InChI=1S/C14H26N2OS/c1-7-14(5,17-6)12(15-8-2)9-13-16-10(3)11(4)18-13/h12,15H,7-9H2,1-6H3. The van der Waals surface area contributed by atoms with Crippen molar-refractivity contribution in [1.29, 1.82) is 0 Å². The van der Waals surface area contributed by atoms with Crippen LogP contribution in [0.5, 0.6) is 0 Å². The van der Waals surface area contributed by atoms with E-state index in [1.54, 1.807) is 18.4 Å². The lowest BCUT2D eigenvalue weighted by molar-refractivity contribution is -0.0283. The van der Waals surface area contributed by atoms with Crippen molar-refractivity contribution in [3.63, 3.8) is 0 Å². The van der Waals surface area contributed by atoms with Gasteiger partial charge in [-0.05, 0) is 33.7 Å². The number of nitrogens with one attached hydrogen (secondary N) is 1. The van der Waals surface area contributed by atoms with Gasteiger partial charge < -0.3 is 10.1 Å². The first-order chi connectivity index (χ1) is 8.46. The fourth-order valence-electron chi connectivity index (χ4n) is 2.08. The van der Waals surface area contributed by atoms with Crippen LogP contribution in [0.1, 0.15) is 42.8 Å². The second-order valence-corrected chi connectivity index (χ2v) is 6.22. The summed E-state index contributed by atoms with van der Waals surface area (Å²) in [7, 11) is 1.80. The summed E-state index contributed by atoms with van der Waals surface area (Å²) in [6, 6.07) is 0.308. The Morgan fingerprint density at radius 1 is 1.39 bits per heavy atom. The molecule has 18 heavy (non-hydrogen) atoms. The SMILES string of the molecule is CCNC(Cc1nc(C)c(C)s1)C(C)(CC)OC. The predicted octanol–water partition coefficient (Wildman–Crippen LogP) is 3.10. The molecule has 0 spiro atoms. The fraction of sp³-hybridized carbons (Fsp3) is 0.786. The van der Waals surface area contributed by atoms with E-state index in [0.29, 0.717) is 6.04 Å². The zero-order valence-corrected chi connectivity index (χ0v) is 13.3. The summed E-state index contributed by atoms with van der Waals surface area (Å²) in [4.78, 5) is 5.95. The first-order valence-electron chi connectivity index (χ1n) is 6.68. The Bertz CT molecular complexity index is 352. The average Bonchev–Trinajstić information content (AvgIpc) is 2.67. The molecule has 2 atom stereocenters. The molecule has 1 N–H and O–H groups in total. The third-order valence-corrected chi connectivity index (χ3v) is 4.90. The van der Waals surface area contributed by atoms with Crippen LogP contribution in [0.4, 0.5) is 0 Å². The number of aryl methyl sites for hydroxylation is 2. The van der Waals surface area contributed by atoms with E-state index in [1.165, 1.54) is 9.88 Å². The van der Waals surface area contributed by atoms with Crippen LogP contribution >= 0.6 is 11.3 Å². The maximum atomic E-state index is 5.73. The Labute approximate surface area is 115 Å². The lowest BCUT2D eigenvalue weighted by atomic mass is 9.91. The fourth-order valence-corrected chi connectivity index (χ4v) is 3.06. The number of nitrogens with zero attached hydrogens (tertiary/aromatic N) is 1. The van der Waals surface area contributed by atoms with Gasteiger partial charge in [0.05, 0.1) is 16.3 Å². The highest BCUT2D eigenvalue weighted by atomic mass is 32.1. The molecule has 0 aliphatic rings. The summed E-state index contributed by atoms with van der Waals surface area (Å²) in [5.74, 6) is 0. The quantitative estimate of drug-likeness (QED) is 0.826. The highest BCUT2D eigenvalue weighted by molar-refractivity contribution is 7.11. The van der Waals surface area contributed by atoms with Crippen LogP contribution in [0, 0.1) is 13.8 Å². The molecule has 0 bridgehead atoms. The zero-order valence-electron chi connectivity index (χ0n) is 12.5. The summed E-state index contributed by atoms with van der Waals surface area (Å²) in [6.45, 7) is 11.6. The van der Waals surface area contributed by atoms with E-state index in [0.717, 1.165) is 25.1 Å². The van der Waals surface area contributed by atoms with Gasteiger partial charge >= 0.3 is 0 Å². The number of hydrogen-bond acceptors (Lipinski definition) is 4. The molecule has 3 nitrogen and oxygen atoms in total. The van der Waals surface area contributed by atoms with Crippen molar-refractivity contribution in [3.8, 4) is 0 Å². The number of likely N-dealkylation sites (N-methyl/N-ethyl adjacent to an activating group) is 1. The van der Waals surface area contributed by atoms with Crippen molar-refractivity contribution in [1.82, 2.24) is 10.3 Å². The molecule has 0 saturated heterocycles. The van der Waals surface area contributed by atoms with E-state index in [1.807, 2.05) is 0 Å². The maximum absolute atomic E-state index is 5.73. The summed E-state index contributed by atoms with van der Waals surface area (Å²) < 4.78 is 5.73. The molecule has 0 fully saturated rings. The number of rotatable bonds is 7. The molecule has 0 amide bonds. The molecule has 1 aromatic heterocycles. The highest BCUT2D eigenvalue weighted by Gasteiger charge is 2.32. The monoisotopic (exact) mass is 270 g/mol. The van der Waals surface area contributed by atoms with Crippen molar-refractivity contribution in [2.24, 2.45) is 0 Å². The van der Waals surface area contributed by atoms with Crippen LogP contribution < -0.4 is 5.32 Å². The Hall–Kier alpha value is -0.450. The Morgan fingerprint density at radius 3 is 2.44 bits per heavy atom. The number of thiazole rings is 1. The van der Waals surface area contributed by atoms with Crippen LogP contribution in [-0.4, -0.2) is 30.3 Å². The first-order valence-corrected chi connectivity index (χ1v) is 7.49. The lowest BCUT2D eigenvalue weighted by Crippen LogP contribution is -2.51. The van der Waals surface area contributed by atoms with E-state index < -0.39 is 0 Å². The summed E-state index contributed by atoms with van der Waals surface area (Å²) in [6.07, 6.45) is 1.93. The molecule has 0 radical (unpaired) electrons. The molecular formula is C14H26N2OS. The Kier molecular flexibility index (Phi) is 5.76. The van der Waals surface area contributed by atoms with Gasteiger partial charge in [0.2, 0.25) is 0 Å². The number of ether oxygens (including phenoxy) is 1. The van der Waals surface area contributed by atoms with Gasteiger partial charge in [0.25, 0.3) is 0 Å². The molecule has 4 heteroatoms. The Balaban J connectivity index is 2.85. The van der Waals surface area contributed by atoms with Gasteiger partial charge in [0.1, 0.15) is 0 Å². The number of aromatic nitrogens is 1. The predicted molar refractivity (Wildman–Crippen MR) is 78.5 cm³/mol. The summed E-state index contributed by atoms with van der Waals surface area (Å²) in [5, 5.41) is 4.75. The molecule has 0 aromatic carbocycles. The third-order valence-electron chi connectivity index (χ3n) is 3.81. The first kappa shape index (κ1) is 15.6. The normalized spacial score (nSPS) is 16.6. The minimum absolute atomic E-state index is 0.135. The maximum Gasteiger partial charge on any atom is 0.0947 e. The van der Waals surface area contributed by atoms with Crippen LogP contribution in [-0.2, 0) is 11.2 Å².